The average molecular weight is 420 g/mol. The summed E-state index contributed by atoms with van der Waals surface area (Å²) in [6.07, 6.45) is 0. The number of methoxy groups -OCH3 is 1. The van der Waals surface area contributed by atoms with E-state index >= 15 is 0 Å². The lowest BCUT2D eigenvalue weighted by Gasteiger charge is -2.08. The van der Waals surface area contributed by atoms with Crippen LogP contribution in [0.1, 0.15) is 13.8 Å². The fraction of sp³-hybridized carbons (Fsp3) is 0.263. The molecule has 0 aliphatic heterocycles. The van der Waals surface area contributed by atoms with Crippen molar-refractivity contribution in [3.8, 4) is 5.75 Å². The number of anilines is 2. The first-order valence-electron chi connectivity index (χ1n) is 8.62. The molecular weight excluding hydrogens is 398 g/mol. The summed E-state index contributed by atoms with van der Waals surface area (Å²) in [5.74, 6) is 0.717. The number of fused-ring (bicyclic) bond motifs is 1. The highest BCUT2D eigenvalue weighted by molar-refractivity contribution is 7.93. The van der Waals surface area contributed by atoms with Gasteiger partial charge in [0.2, 0.25) is 14.2 Å². The van der Waals surface area contributed by atoms with E-state index in [2.05, 4.69) is 15.6 Å². The molecule has 1 aromatic heterocycles. The number of hydrogen-bond donors (Lipinski definition) is 2. The first-order chi connectivity index (χ1) is 13.3. The van der Waals surface area contributed by atoms with Gasteiger partial charge in [0, 0.05) is 17.4 Å². The Bertz CT molecular complexity index is 1110. The maximum Gasteiger partial charge on any atom is 0.323 e. The van der Waals surface area contributed by atoms with Crippen molar-refractivity contribution in [1.82, 2.24) is 4.98 Å². The molecule has 3 aromatic rings. The van der Waals surface area contributed by atoms with E-state index in [0.717, 1.165) is 11.3 Å². The molecule has 7 nitrogen and oxygen atoms in total. The summed E-state index contributed by atoms with van der Waals surface area (Å²) >= 11 is 1.11. The number of benzene rings is 2. The van der Waals surface area contributed by atoms with E-state index in [1.54, 1.807) is 49.6 Å². The summed E-state index contributed by atoms with van der Waals surface area (Å²) in [5.41, 5.74) is 1.73. The van der Waals surface area contributed by atoms with Gasteiger partial charge in [0.1, 0.15) is 5.75 Å². The van der Waals surface area contributed by atoms with Crippen LogP contribution in [0.2, 0.25) is 0 Å². The number of aromatic nitrogens is 1. The zero-order chi connectivity index (χ0) is 20.3. The molecule has 0 atom stereocenters. The van der Waals surface area contributed by atoms with Gasteiger partial charge < -0.3 is 15.4 Å². The van der Waals surface area contributed by atoms with Gasteiger partial charge in [0.15, 0.2) is 0 Å². The van der Waals surface area contributed by atoms with Crippen molar-refractivity contribution >= 4 is 48.8 Å². The van der Waals surface area contributed by atoms with E-state index in [1.165, 1.54) is 0 Å². The molecule has 0 fully saturated rings. The molecule has 2 N–H and O–H groups in total. The Morgan fingerprint density at radius 3 is 2.54 bits per heavy atom. The number of nitrogens with one attached hydrogen (secondary N) is 2. The highest BCUT2D eigenvalue weighted by Crippen LogP contribution is 2.29. The molecule has 9 heteroatoms. The number of amides is 2. The minimum atomic E-state index is -3.41. The summed E-state index contributed by atoms with van der Waals surface area (Å²) in [6.45, 7) is 3.71. The van der Waals surface area contributed by atoms with E-state index in [4.69, 9.17) is 4.74 Å². The van der Waals surface area contributed by atoms with Crippen LogP contribution in [0.15, 0.2) is 46.8 Å². The predicted molar refractivity (Wildman–Crippen MR) is 112 cm³/mol. The minimum Gasteiger partial charge on any atom is -0.497 e. The first-order valence-corrected chi connectivity index (χ1v) is 11.1. The highest BCUT2D eigenvalue weighted by atomic mass is 32.2. The molecule has 2 aromatic carbocycles. The van der Waals surface area contributed by atoms with E-state index in [9.17, 15) is 13.2 Å². The lowest BCUT2D eigenvalue weighted by molar-refractivity contribution is 0.262. The van der Waals surface area contributed by atoms with Crippen molar-refractivity contribution in [2.45, 2.75) is 18.2 Å². The van der Waals surface area contributed by atoms with Gasteiger partial charge >= 0.3 is 6.03 Å². The van der Waals surface area contributed by atoms with E-state index < -0.39 is 15.9 Å². The maximum atomic E-state index is 12.4. The van der Waals surface area contributed by atoms with E-state index in [1.807, 2.05) is 13.8 Å². The number of hydrogen-bond acceptors (Lipinski definition) is 6. The van der Waals surface area contributed by atoms with Crippen LogP contribution in [0, 0.1) is 5.92 Å². The van der Waals surface area contributed by atoms with Gasteiger partial charge in [-0.1, -0.05) is 19.9 Å². The summed E-state index contributed by atoms with van der Waals surface area (Å²) in [5, 5.41) is 5.46. The van der Waals surface area contributed by atoms with Crippen LogP contribution < -0.4 is 15.4 Å². The fourth-order valence-corrected chi connectivity index (χ4v) is 5.59. The molecule has 0 bridgehead atoms. The molecule has 0 spiro atoms. The van der Waals surface area contributed by atoms with Crippen molar-refractivity contribution in [1.29, 1.82) is 0 Å². The summed E-state index contributed by atoms with van der Waals surface area (Å²) in [7, 11) is -1.85. The predicted octanol–water partition coefficient (Wildman–Crippen LogP) is 4.38. The van der Waals surface area contributed by atoms with Crippen LogP contribution in [0.25, 0.3) is 10.2 Å². The Morgan fingerprint density at radius 2 is 1.86 bits per heavy atom. The van der Waals surface area contributed by atoms with Crippen molar-refractivity contribution < 1.29 is 17.9 Å². The van der Waals surface area contributed by atoms with Crippen molar-refractivity contribution in [2.75, 3.05) is 23.5 Å². The zero-order valence-electron chi connectivity index (χ0n) is 15.7. The summed E-state index contributed by atoms with van der Waals surface area (Å²) in [6, 6.07) is 11.7. The number of nitrogens with zero attached hydrogens (tertiary/aromatic N) is 1. The average Bonchev–Trinajstić information content (AvgIpc) is 3.05. The largest absolute Gasteiger partial charge is 0.497 e. The van der Waals surface area contributed by atoms with Gasteiger partial charge in [-0.15, -0.1) is 11.3 Å². The van der Waals surface area contributed by atoms with Gasteiger partial charge in [-0.3, -0.25) is 0 Å². The van der Waals surface area contributed by atoms with E-state index in [0.29, 0.717) is 27.3 Å². The molecule has 148 valence electrons. The number of rotatable bonds is 6. The molecule has 2 amide bonds. The Balaban J connectivity index is 1.76. The van der Waals surface area contributed by atoms with Crippen LogP contribution in [0.5, 0.6) is 5.75 Å². The monoisotopic (exact) mass is 419 g/mol. The molecule has 0 aliphatic rings. The number of urea groups is 1. The molecule has 0 radical (unpaired) electrons. The molecule has 3 rings (SSSR count). The van der Waals surface area contributed by atoms with Gasteiger partial charge in [-0.25, -0.2) is 18.2 Å². The molecule has 0 aliphatic carbocycles. The molecule has 1 heterocycles. The Hall–Kier alpha value is -2.65. The summed E-state index contributed by atoms with van der Waals surface area (Å²) in [4.78, 5) is 16.5. The molecule has 28 heavy (non-hydrogen) atoms. The van der Waals surface area contributed by atoms with Gasteiger partial charge in [-0.2, -0.15) is 0 Å². The van der Waals surface area contributed by atoms with Crippen molar-refractivity contribution in [3.05, 3.63) is 42.5 Å². The van der Waals surface area contributed by atoms with Crippen LogP contribution in [-0.2, 0) is 9.84 Å². The van der Waals surface area contributed by atoms with E-state index in [-0.39, 0.29) is 16.0 Å². The lowest BCUT2D eigenvalue weighted by atomic mass is 10.3. The van der Waals surface area contributed by atoms with Crippen LogP contribution in [0.4, 0.5) is 16.2 Å². The van der Waals surface area contributed by atoms with Crippen LogP contribution in [0.3, 0.4) is 0 Å². The van der Waals surface area contributed by atoms with Crippen LogP contribution >= 0.6 is 11.3 Å². The second kappa shape index (κ2) is 8.15. The third-order valence-corrected chi connectivity index (χ3v) is 7.33. The SMILES string of the molecule is COc1cccc(NC(=O)Nc2ccc3nc(S(=O)(=O)CC(C)C)sc3c2)c1. The molecule has 0 unspecified atom stereocenters. The van der Waals surface area contributed by atoms with Gasteiger partial charge in [0.25, 0.3) is 0 Å². The molecular formula is C19H21N3O4S2. The third kappa shape index (κ3) is 4.79. The zero-order valence-corrected chi connectivity index (χ0v) is 17.4. The Morgan fingerprint density at radius 1 is 1.14 bits per heavy atom. The fourth-order valence-electron chi connectivity index (χ4n) is 2.62. The second-order valence-electron chi connectivity index (χ2n) is 6.65. The topological polar surface area (TPSA) is 97.4 Å². The Labute approximate surface area is 167 Å². The van der Waals surface area contributed by atoms with Crippen LogP contribution in [-0.4, -0.2) is 32.3 Å². The first kappa shape index (κ1) is 20.1. The summed E-state index contributed by atoms with van der Waals surface area (Å²) < 4.78 is 30.7. The number of ether oxygens (including phenoxy) is 1. The van der Waals surface area contributed by atoms with Gasteiger partial charge in [-0.05, 0) is 36.2 Å². The smallest absolute Gasteiger partial charge is 0.323 e. The highest BCUT2D eigenvalue weighted by Gasteiger charge is 2.21. The minimum absolute atomic E-state index is 0.0227. The maximum absolute atomic E-state index is 12.4. The normalized spacial score (nSPS) is 11.6. The quantitative estimate of drug-likeness (QED) is 0.618. The van der Waals surface area contributed by atoms with Crippen molar-refractivity contribution in [2.24, 2.45) is 5.92 Å². The second-order valence-corrected chi connectivity index (χ2v) is 9.89. The third-order valence-electron chi connectivity index (χ3n) is 3.77. The van der Waals surface area contributed by atoms with Crippen molar-refractivity contribution in [3.63, 3.8) is 0 Å². The Kier molecular flexibility index (Phi) is 5.85. The number of sulfone groups is 1. The number of carbonyl (C=O) groups is 1. The molecule has 0 saturated carbocycles. The number of carbonyl (C=O) groups excluding carboxylic acids is 1. The lowest BCUT2D eigenvalue weighted by Crippen LogP contribution is -2.19. The standard InChI is InChI=1S/C19H21N3O4S2/c1-12(2)11-28(24,25)19-22-16-8-7-14(10-17(16)27-19)21-18(23)20-13-5-4-6-15(9-13)26-3/h4-10,12H,11H2,1-3H3,(H2,20,21,23). The van der Waals surface area contributed by atoms with Gasteiger partial charge in [0.05, 0.1) is 23.1 Å². The molecule has 0 saturated heterocycles. The number of thiazole rings is 1.